The Morgan fingerprint density at radius 1 is 0.591 bits per heavy atom. The van der Waals surface area contributed by atoms with Crippen LogP contribution < -0.4 is 16.0 Å². The van der Waals surface area contributed by atoms with Crippen molar-refractivity contribution in [1.29, 1.82) is 0 Å². The molecular weight excluding hydrogens is 1160 g/mol. The Bertz CT molecular complexity index is 2490. The number of carbonyl (C=O) groups is 8. The summed E-state index contributed by atoms with van der Waals surface area (Å²) >= 11 is 3.27. The summed E-state index contributed by atoms with van der Waals surface area (Å²) in [5.41, 5.74) is -0.624. The summed E-state index contributed by atoms with van der Waals surface area (Å²) in [6.07, 6.45) is 9.19. The van der Waals surface area contributed by atoms with E-state index in [2.05, 4.69) is 29.8 Å². The Morgan fingerprint density at radius 2 is 0.989 bits per heavy atom. The number of ether oxygens (including phenoxy) is 4. The number of unbranched alkanes of at least 4 members (excludes halogenated alkanes) is 7. The van der Waals surface area contributed by atoms with E-state index in [1.54, 1.807) is 88.7 Å². The number of nitrogens with one attached hydrogen (secondary N) is 3. The quantitative estimate of drug-likeness (QED) is 0.0675. The maximum absolute atomic E-state index is 14.7. The first-order valence-electron chi connectivity index (χ1n) is 31.9. The van der Waals surface area contributed by atoms with Crippen LogP contribution in [0.1, 0.15) is 190 Å². The molecule has 88 heavy (non-hydrogen) atoms. The molecule has 10 atom stereocenters. The lowest BCUT2D eigenvalue weighted by Crippen LogP contribution is -2.58. The van der Waals surface area contributed by atoms with Crippen molar-refractivity contribution in [1.82, 2.24) is 35.6 Å². The van der Waals surface area contributed by atoms with Crippen LogP contribution in [-0.4, -0.2) is 177 Å². The molecule has 0 radical (unpaired) electrons. The second-order valence-corrected chi connectivity index (χ2v) is 30.4. The van der Waals surface area contributed by atoms with Crippen LogP contribution in [0.2, 0.25) is 0 Å². The molecule has 19 nitrogen and oxygen atoms in total. The molecule has 21 heteroatoms. The van der Waals surface area contributed by atoms with Gasteiger partial charge in [0, 0.05) is 39.6 Å². The molecular formula is C67H103N7O12S2. The van der Waals surface area contributed by atoms with E-state index in [1.165, 1.54) is 23.9 Å². The number of hydrogen-bond acceptors (Lipinski definition) is 14. The number of likely N-dealkylation sites (N-methyl/N-ethyl adjacent to an activating group) is 2. The Morgan fingerprint density at radius 3 is 1.43 bits per heavy atom. The molecule has 2 unspecified atom stereocenters. The molecule has 0 aliphatic carbocycles. The lowest BCUT2D eigenvalue weighted by molar-refractivity contribution is -0.144. The molecule has 490 valence electrons. The highest BCUT2D eigenvalue weighted by molar-refractivity contribution is 8.00. The van der Waals surface area contributed by atoms with Gasteiger partial charge in [-0.2, -0.15) is 0 Å². The number of thioether (sulfide) groups is 2. The highest BCUT2D eigenvalue weighted by Crippen LogP contribution is 2.48. The van der Waals surface area contributed by atoms with Gasteiger partial charge in [0.2, 0.25) is 29.5 Å². The van der Waals surface area contributed by atoms with E-state index in [0.717, 1.165) is 62.5 Å². The molecule has 4 aliphatic heterocycles. The van der Waals surface area contributed by atoms with Gasteiger partial charge in [-0.15, -0.1) is 23.5 Å². The summed E-state index contributed by atoms with van der Waals surface area (Å²) in [6, 6.07) is 14.3. The topological polar surface area (TPSA) is 223 Å². The molecule has 0 spiro atoms. The average molecular weight is 1260 g/mol. The van der Waals surface area contributed by atoms with E-state index in [-0.39, 0.29) is 53.2 Å². The summed E-state index contributed by atoms with van der Waals surface area (Å²) in [5.74, 6) is -0.783. The molecule has 2 aromatic rings. The van der Waals surface area contributed by atoms with E-state index >= 15 is 0 Å². The van der Waals surface area contributed by atoms with Crippen molar-refractivity contribution in [2.75, 3.05) is 52.0 Å². The van der Waals surface area contributed by atoms with Crippen molar-refractivity contribution in [2.24, 2.45) is 10.8 Å². The van der Waals surface area contributed by atoms with Gasteiger partial charge in [0.1, 0.15) is 41.4 Å². The normalized spacial score (nSPS) is 23.0. The first-order valence-corrected chi connectivity index (χ1v) is 34.0. The maximum Gasteiger partial charge on any atom is 0.410 e. The van der Waals surface area contributed by atoms with Crippen LogP contribution in [-0.2, 0) is 47.7 Å². The Hall–Kier alpha value is -5.38. The Labute approximate surface area is 532 Å². The van der Waals surface area contributed by atoms with Crippen LogP contribution in [0.4, 0.5) is 9.59 Å². The minimum atomic E-state index is -0.901. The predicted molar refractivity (Wildman–Crippen MR) is 345 cm³/mol. The lowest BCUT2D eigenvalue weighted by atomic mass is 9.79. The van der Waals surface area contributed by atoms with Crippen LogP contribution in [0, 0.1) is 10.8 Å². The van der Waals surface area contributed by atoms with Crippen LogP contribution in [0.3, 0.4) is 0 Å². The third-order valence-electron chi connectivity index (χ3n) is 17.2. The fourth-order valence-corrected chi connectivity index (χ4v) is 15.3. The molecule has 6 rings (SSSR count). The third kappa shape index (κ3) is 20.1. The molecule has 4 saturated heterocycles. The summed E-state index contributed by atoms with van der Waals surface area (Å²) in [5, 5.41) is 8.64. The standard InChI is InChI=1S/C67H103N7O12S2/c1-44(71(13)62(81)85-64(3,4)5)57(76)68-49-33-37-87-53-40-66(9,10)55(73(53)60(49)79)52(75)39-48(46-29-23-21-24-30-46)42-83-35-27-19-17-15-16-18-20-28-36-84-43-51(47-31-25-22-26-32-47)70-59(78)56-67(11,12)41-54-74(56)61(80)50(34-38-88-54)69-58(77)45(2)72(14)63(82)86-65(6,7)8/h21-26,29-32,44-45,48-51,53-56H,15-20,27-28,33-43H2,1-14H3,(H,68,76)(H,69,77)(H,70,78)/t44-,45-,48+,49-,50?,51+,53-,54-,55?,56+/m0/s1. The predicted octanol–water partition coefficient (Wildman–Crippen LogP) is 10.4. The molecule has 0 bridgehead atoms. The van der Waals surface area contributed by atoms with Gasteiger partial charge in [-0.3, -0.25) is 38.6 Å². The van der Waals surface area contributed by atoms with Gasteiger partial charge < -0.3 is 44.7 Å². The highest BCUT2D eigenvalue weighted by atomic mass is 32.2. The van der Waals surface area contributed by atoms with Gasteiger partial charge in [0.15, 0.2) is 5.78 Å². The van der Waals surface area contributed by atoms with Gasteiger partial charge >= 0.3 is 12.2 Å². The minimum absolute atomic E-state index is 0.0233. The number of amides is 7. The van der Waals surface area contributed by atoms with Gasteiger partial charge in [-0.05, 0) is 127 Å². The lowest BCUT2D eigenvalue weighted by Gasteiger charge is -2.35. The number of benzene rings is 2. The second kappa shape index (κ2) is 32.1. The van der Waals surface area contributed by atoms with E-state index in [1.807, 2.05) is 74.5 Å². The zero-order chi connectivity index (χ0) is 64.7. The van der Waals surface area contributed by atoms with Crippen LogP contribution in [0.5, 0.6) is 0 Å². The van der Waals surface area contributed by atoms with Crippen molar-refractivity contribution in [2.45, 2.75) is 237 Å². The molecule has 3 N–H and O–H groups in total. The van der Waals surface area contributed by atoms with Crippen LogP contribution in [0.15, 0.2) is 60.7 Å². The first kappa shape index (κ1) is 71.7. The molecule has 4 fully saturated rings. The molecule has 4 heterocycles. The summed E-state index contributed by atoms with van der Waals surface area (Å²) in [7, 11) is 2.99. The molecule has 4 aliphatic rings. The van der Waals surface area contributed by atoms with E-state index in [0.29, 0.717) is 57.0 Å². The molecule has 7 amide bonds. The third-order valence-corrected chi connectivity index (χ3v) is 19.7. The Kier molecular flexibility index (Phi) is 26.1. The smallest absolute Gasteiger partial charge is 0.410 e. The van der Waals surface area contributed by atoms with E-state index in [9.17, 15) is 38.4 Å². The number of nitrogens with zero attached hydrogens (tertiary/aromatic N) is 4. The highest BCUT2D eigenvalue weighted by Gasteiger charge is 2.56. The number of carbonyl (C=O) groups excluding carboxylic acids is 8. The second-order valence-electron chi connectivity index (χ2n) is 27.8. The fourth-order valence-electron chi connectivity index (χ4n) is 12.1. The van der Waals surface area contributed by atoms with Crippen molar-refractivity contribution in [3.05, 3.63) is 71.8 Å². The van der Waals surface area contributed by atoms with Gasteiger partial charge in [0.05, 0.1) is 36.0 Å². The van der Waals surface area contributed by atoms with Crippen molar-refractivity contribution < 1.29 is 57.3 Å². The summed E-state index contributed by atoms with van der Waals surface area (Å²) in [6.45, 7) is 23.6. The van der Waals surface area contributed by atoms with E-state index in [4.69, 9.17) is 18.9 Å². The van der Waals surface area contributed by atoms with Crippen LogP contribution in [0.25, 0.3) is 0 Å². The Balaban J connectivity index is 0.917. The fraction of sp³-hybridized carbons (Fsp3) is 0.701. The maximum atomic E-state index is 14.7. The number of fused-ring (bicyclic) bond motifs is 2. The number of ketones is 1. The zero-order valence-electron chi connectivity index (χ0n) is 55.0. The number of rotatable bonds is 28. The summed E-state index contributed by atoms with van der Waals surface area (Å²) < 4.78 is 23.5. The molecule has 0 aromatic heterocycles. The molecule has 2 aromatic carbocycles. The minimum Gasteiger partial charge on any atom is -0.444 e. The van der Waals surface area contributed by atoms with Crippen molar-refractivity contribution >= 4 is 71.0 Å². The zero-order valence-corrected chi connectivity index (χ0v) is 56.6. The number of hydrogen-bond donors (Lipinski definition) is 3. The van der Waals surface area contributed by atoms with Crippen LogP contribution >= 0.6 is 23.5 Å². The number of Topliss-reactive ketones (excluding diaryl/α,β-unsaturated/α-hetero) is 1. The van der Waals surface area contributed by atoms with Gasteiger partial charge in [-0.1, -0.05) is 127 Å². The van der Waals surface area contributed by atoms with Crippen molar-refractivity contribution in [3.63, 3.8) is 0 Å². The van der Waals surface area contributed by atoms with Gasteiger partial charge in [-0.25, -0.2) is 9.59 Å². The van der Waals surface area contributed by atoms with Gasteiger partial charge in [0.25, 0.3) is 0 Å². The summed E-state index contributed by atoms with van der Waals surface area (Å²) in [4.78, 5) is 117. The average Bonchev–Trinajstić information content (AvgIpc) is 1.78. The largest absolute Gasteiger partial charge is 0.444 e. The monoisotopic (exact) mass is 1260 g/mol. The SMILES string of the molecule is C[C@@H](C(=O)NC1CCS[C@H]2CC(C)(C)[C@@H](C(=O)N[C@H](COCCCCCCCCCCOC[C@@H](CC(=O)C3N4C(=O)[C@@H](NC(=O)[C@H](C)N(C)C(=O)OC(C)(C)C)CCS[C@H]4CC3(C)C)c3ccccc3)c3ccccc3)N2C1=O)N(C)C(=O)OC(C)(C)C. The molecule has 0 saturated carbocycles. The van der Waals surface area contributed by atoms with E-state index < -0.39 is 88.3 Å². The van der Waals surface area contributed by atoms with Crippen molar-refractivity contribution in [3.8, 4) is 0 Å². The first-order chi connectivity index (χ1) is 41.4.